The van der Waals surface area contributed by atoms with E-state index in [0.717, 1.165) is 0 Å². The minimum Gasteiger partial charge on any atom is -0.497 e. The third-order valence-corrected chi connectivity index (χ3v) is 8.77. The maximum absolute atomic E-state index is 14.9. The largest absolute Gasteiger partial charge is 0.497 e. The lowest BCUT2D eigenvalue weighted by molar-refractivity contribution is -0.116. The molecule has 1 atom stereocenters. The Bertz CT molecular complexity index is 1630. The van der Waals surface area contributed by atoms with Crippen LogP contribution in [-0.4, -0.2) is 41.9 Å². The van der Waals surface area contributed by atoms with E-state index in [4.69, 9.17) is 15.2 Å². The second-order valence-electron chi connectivity index (χ2n) is 9.09. The number of rotatable bonds is 8. The highest BCUT2D eigenvalue weighted by atomic mass is 32.2. The van der Waals surface area contributed by atoms with Gasteiger partial charge in [0, 0.05) is 29.3 Å². The molecule has 2 heterocycles. The number of nitrogens with one attached hydrogen (secondary N) is 1. The zero-order valence-corrected chi connectivity index (χ0v) is 23.8. The number of hydrogen-bond acceptors (Lipinski definition) is 11. The number of benzene rings is 2. The summed E-state index contributed by atoms with van der Waals surface area (Å²) in [6.45, 7) is 0. The number of nitriles is 1. The minimum atomic E-state index is -0.902. The average molecular weight is 593 g/mol. The predicted molar refractivity (Wildman–Crippen MR) is 153 cm³/mol. The summed E-state index contributed by atoms with van der Waals surface area (Å²) < 4.78 is 25.9. The van der Waals surface area contributed by atoms with E-state index in [2.05, 4.69) is 21.6 Å². The van der Waals surface area contributed by atoms with Crippen LogP contribution in [0.15, 0.2) is 69.5 Å². The molecule has 0 saturated heterocycles. The van der Waals surface area contributed by atoms with Crippen LogP contribution in [0.3, 0.4) is 0 Å². The normalized spacial score (nSPS) is 16.8. The molecule has 0 spiro atoms. The predicted octanol–water partition coefficient (Wildman–Crippen LogP) is 4.73. The van der Waals surface area contributed by atoms with Crippen molar-refractivity contribution in [1.82, 2.24) is 10.2 Å². The Hall–Kier alpha value is -4.41. The number of thioether (sulfide) groups is 1. The van der Waals surface area contributed by atoms with Crippen molar-refractivity contribution in [1.29, 1.82) is 5.26 Å². The molecule has 41 heavy (non-hydrogen) atoms. The number of Topliss-reactive ketones (excluding diaryl/α,β-unsaturated/α-hetero) is 1. The van der Waals surface area contributed by atoms with Crippen LogP contribution in [0.4, 0.5) is 15.2 Å². The van der Waals surface area contributed by atoms with Gasteiger partial charge < -0.3 is 20.5 Å². The molecule has 0 fully saturated rings. The van der Waals surface area contributed by atoms with E-state index in [-0.39, 0.29) is 34.4 Å². The zero-order chi connectivity index (χ0) is 29.1. The first kappa shape index (κ1) is 28.1. The fourth-order valence-electron chi connectivity index (χ4n) is 4.89. The van der Waals surface area contributed by atoms with Crippen LogP contribution < -0.4 is 25.4 Å². The number of hydrogen-bond donors (Lipinski definition) is 2. The minimum absolute atomic E-state index is 0.0420. The number of carbonyl (C=O) groups excluding carboxylic acids is 2. The van der Waals surface area contributed by atoms with Gasteiger partial charge in [-0.25, -0.2) is 4.39 Å². The van der Waals surface area contributed by atoms with Gasteiger partial charge in [-0.1, -0.05) is 41.3 Å². The van der Waals surface area contributed by atoms with Gasteiger partial charge in [0.2, 0.25) is 11.0 Å². The van der Waals surface area contributed by atoms with Crippen molar-refractivity contribution in [3.8, 4) is 17.6 Å². The Morgan fingerprint density at radius 1 is 1.24 bits per heavy atom. The van der Waals surface area contributed by atoms with Crippen molar-refractivity contribution in [2.45, 2.75) is 29.5 Å². The molecule has 0 bridgehead atoms. The first-order valence-corrected chi connectivity index (χ1v) is 14.3. The molecule has 10 nitrogen and oxygen atoms in total. The fraction of sp³-hybridized carbons (Fsp3) is 0.250. The van der Waals surface area contributed by atoms with E-state index in [0.29, 0.717) is 57.2 Å². The van der Waals surface area contributed by atoms with Gasteiger partial charge in [0.1, 0.15) is 23.1 Å². The van der Waals surface area contributed by atoms with Crippen molar-refractivity contribution in [2.24, 2.45) is 5.73 Å². The van der Waals surface area contributed by atoms with E-state index < -0.39 is 11.7 Å². The number of allylic oxidation sites excluding steroid dienone is 3. The van der Waals surface area contributed by atoms with Crippen LogP contribution in [0.25, 0.3) is 0 Å². The van der Waals surface area contributed by atoms with Crippen molar-refractivity contribution in [2.75, 3.05) is 30.2 Å². The summed E-state index contributed by atoms with van der Waals surface area (Å²) in [5, 5.41) is 21.7. The van der Waals surface area contributed by atoms with E-state index in [1.807, 2.05) is 0 Å². The van der Waals surface area contributed by atoms with Crippen molar-refractivity contribution in [3.05, 3.63) is 76.5 Å². The number of nitrogens with zero attached hydrogens (tertiary/aromatic N) is 4. The highest BCUT2D eigenvalue weighted by molar-refractivity contribution is 8.01. The molecule has 3 aromatic rings. The van der Waals surface area contributed by atoms with E-state index >= 15 is 0 Å². The Morgan fingerprint density at radius 3 is 2.78 bits per heavy atom. The van der Waals surface area contributed by atoms with Gasteiger partial charge in [0.15, 0.2) is 10.1 Å². The van der Waals surface area contributed by atoms with Gasteiger partial charge in [0.25, 0.3) is 0 Å². The number of ketones is 1. The first-order valence-electron chi connectivity index (χ1n) is 12.5. The lowest BCUT2D eigenvalue weighted by Crippen LogP contribution is -2.38. The molecule has 210 valence electrons. The quantitative estimate of drug-likeness (QED) is 0.352. The SMILES string of the molecule is COc1ccc(NC(=O)CSc2nnc(N3C(N)=C(C#N)C(c4ccccc4F)C4=C3CCCC4=O)s2)c(OC)c1. The molecule has 0 saturated carbocycles. The zero-order valence-electron chi connectivity index (χ0n) is 22.1. The van der Waals surface area contributed by atoms with Gasteiger partial charge in [-0.3, -0.25) is 14.5 Å². The maximum Gasteiger partial charge on any atom is 0.234 e. The number of carbonyl (C=O) groups is 2. The number of methoxy groups -OCH3 is 2. The van der Waals surface area contributed by atoms with E-state index in [9.17, 15) is 19.2 Å². The van der Waals surface area contributed by atoms with Crippen LogP contribution in [0.1, 0.15) is 30.7 Å². The van der Waals surface area contributed by atoms with Gasteiger partial charge in [-0.05, 0) is 31.0 Å². The molecule has 2 aromatic carbocycles. The number of anilines is 2. The number of amides is 1. The monoisotopic (exact) mass is 592 g/mol. The number of ether oxygens (including phenoxy) is 2. The van der Waals surface area contributed by atoms with Crippen LogP contribution in [0, 0.1) is 17.1 Å². The summed E-state index contributed by atoms with van der Waals surface area (Å²) in [4.78, 5) is 27.4. The summed E-state index contributed by atoms with van der Waals surface area (Å²) in [7, 11) is 3.04. The first-order chi connectivity index (χ1) is 19.9. The average Bonchev–Trinajstić information content (AvgIpc) is 3.44. The van der Waals surface area contributed by atoms with E-state index in [1.165, 1.54) is 36.3 Å². The third-order valence-electron chi connectivity index (χ3n) is 6.73. The fourth-order valence-corrected chi connectivity index (χ4v) is 6.57. The van der Waals surface area contributed by atoms with Crippen LogP contribution in [0.5, 0.6) is 11.5 Å². The van der Waals surface area contributed by atoms with Crippen LogP contribution in [-0.2, 0) is 9.59 Å². The molecule has 5 rings (SSSR count). The number of halogens is 1. The molecule has 2 aliphatic rings. The van der Waals surface area contributed by atoms with Gasteiger partial charge in [-0.2, -0.15) is 5.26 Å². The molecular weight excluding hydrogens is 567 g/mol. The van der Waals surface area contributed by atoms with Gasteiger partial charge in [0.05, 0.1) is 43.2 Å². The summed E-state index contributed by atoms with van der Waals surface area (Å²) >= 11 is 2.35. The summed E-state index contributed by atoms with van der Waals surface area (Å²) in [5.41, 5.74) is 8.25. The molecule has 13 heteroatoms. The second kappa shape index (κ2) is 12.0. The van der Waals surface area contributed by atoms with Crippen molar-refractivity contribution in [3.63, 3.8) is 0 Å². The third kappa shape index (κ3) is 5.48. The lowest BCUT2D eigenvalue weighted by Gasteiger charge is -2.38. The highest BCUT2D eigenvalue weighted by Gasteiger charge is 2.42. The molecule has 3 N–H and O–H groups in total. The summed E-state index contributed by atoms with van der Waals surface area (Å²) in [6.07, 6.45) is 1.38. The summed E-state index contributed by atoms with van der Waals surface area (Å²) in [6, 6.07) is 13.3. The standard InChI is InChI=1S/C28H25FN6O4S2/c1-38-15-10-11-19(22(12-15)39-2)32-23(37)14-40-28-34-33-27(41-28)35-20-8-5-9-21(36)25(20)24(17(13-30)26(35)31)16-6-3-4-7-18(16)29/h3-4,6-7,10-12,24H,5,8-9,14,31H2,1-2H3,(H,32,37). The molecule has 1 aromatic heterocycles. The molecule has 0 radical (unpaired) electrons. The highest BCUT2D eigenvalue weighted by Crippen LogP contribution is 2.47. The topological polar surface area (TPSA) is 143 Å². The maximum atomic E-state index is 14.9. The molecule has 1 aliphatic carbocycles. The van der Waals surface area contributed by atoms with Gasteiger partial charge in [-0.15, -0.1) is 10.2 Å². The number of nitrogens with two attached hydrogens (primary N) is 1. The van der Waals surface area contributed by atoms with Crippen LogP contribution >= 0.6 is 23.1 Å². The molecule has 1 aliphatic heterocycles. The molecule has 1 amide bonds. The Balaban J connectivity index is 1.39. The van der Waals surface area contributed by atoms with Crippen molar-refractivity contribution >= 4 is 45.6 Å². The molecular formula is C28H25FN6O4S2. The number of aromatic nitrogens is 2. The Labute approximate surface area is 243 Å². The Morgan fingerprint density at radius 2 is 2.05 bits per heavy atom. The lowest BCUT2D eigenvalue weighted by atomic mass is 9.75. The second-order valence-corrected chi connectivity index (χ2v) is 11.3. The van der Waals surface area contributed by atoms with Gasteiger partial charge >= 0.3 is 0 Å². The summed E-state index contributed by atoms with van der Waals surface area (Å²) in [5.74, 6) is -0.686. The molecule has 1 unspecified atom stereocenters. The smallest absolute Gasteiger partial charge is 0.234 e. The van der Waals surface area contributed by atoms with E-state index in [1.54, 1.807) is 48.4 Å². The van der Waals surface area contributed by atoms with Crippen LogP contribution in [0.2, 0.25) is 0 Å². The Kier molecular flexibility index (Phi) is 8.23. The van der Waals surface area contributed by atoms with Crippen molar-refractivity contribution < 1.29 is 23.5 Å².